The SMILES string of the molecule is CC(C)OCCCNS(=O)(=O)c1ccc(-c2cccnc2)cc1. The third-order valence-electron chi connectivity index (χ3n) is 3.22. The summed E-state index contributed by atoms with van der Waals surface area (Å²) in [5, 5.41) is 0. The summed E-state index contributed by atoms with van der Waals surface area (Å²) in [5.41, 5.74) is 1.89. The van der Waals surface area contributed by atoms with E-state index in [1.807, 2.05) is 26.0 Å². The fourth-order valence-corrected chi connectivity index (χ4v) is 3.12. The molecule has 2 rings (SSSR count). The number of benzene rings is 1. The zero-order chi connectivity index (χ0) is 16.7. The number of sulfonamides is 1. The lowest BCUT2D eigenvalue weighted by Gasteiger charge is -2.09. The molecule has 1 aromatic carbocycles. The molecule has 124 valence electrons. The molecule has 0 atom stereocenters. The second kappa shape index (κ2) is 8.19. The van der Waals surface area contributed by atoms with Gasteiger partial charge in [-0.3, -0.25) is 4.98 Å². The highest BCUT2D eigenvalue weighted by Gasteiger charge is 2.13. The summed E-state index contributed by atoms with van der Waals surface area (Å²) in [6, 6.07) is 10.6. The highest BCUT2D eigenvalue weighted by atomic mass is 32.2. The maximum atomic E-state index is 12.2. The van der Waals surface area contributed by atoms with E-state index in [-0.39, 0.29) is 11.0 Å². The van der Waals surface area contributed by atoms with Crippen LogP contribution in [-0.4, -0.2) is 32.7 Å². The van der Waals surface area contributed by atoms with Gasteiger partial charge in [-0.25, -0.2) is 13.1 Å². The molecule has 1 aromatic heterocycles. The smallest absolute Gasteiger partial charge is 0.240 e. The second-order valence-corrected chi connectivity index (χ2v) is 7.20. The molecule has 23 heavy (non-hydrogen) atoms. The number of hydrogen-bond acceptors (Lipinski definition) is 4. The molecule has 1 N–H and O–H groups in total. The monoisotopic (exact) mass is 334 g/mol. The van der Waals surface area contributed by atoms with E-state index in [2.05, 4.69) is 9.71 Å². The van der Waals surface area contributed by atoms with Gasteiger partial charge in [-0.1, -0.05) is 18.2 Å². The van der Waals surface area contributed by atoms with Gasteiger partial charge in [0.05, 0.1) is 11.0 Å². The topological polar surface area (TPSA) is 68.3 Å². The van der Waals surface area contributed by atoms with E-state index in [1.165, 1.54) is 0 Å². The molecular formula is C17H22N2O3S. The lowest BCUT2D eigenvalue weighted by molar-refractivity contribution is 0.0778. The maximum Gasteiger partial charge on any atom is 0.240 e. The number of nitrogens with zero attached hydrogens (tertiary/aromatic N) is 1. The van der Waals surface area contributed by atoms with Crippen molar-refractivity contribution in [2.75, 3.05) is 13.2 Å². The first kappa shape index (κ1) is 17.6. The van der Waals surface area contributed by atoms with Gasteiger partial charge in [0, 0.05) is 25.5 Å². The van der Waals surface area contributed by atoms with E-state index >= 15 is 0 Å². The Bertz CT molecular complexity index is 698. The molecule has 5 nitrogen and oxygen atoms in total. The van der Waals surface area contributed by atoms with Crippen LogP contribution in [0.15, 0.2) is 53.7 Å². The third-order valence-corrected chi connectivity index (χ3v) is 4.70. The number of ether oxygens (including phenoxy) is 1. The van der Waals surface area contributed by atoms with E-state index in [1.54, 1.807) is 36.7 Å². The Morgan fingerprint density at radius 2 is 1.87 bits per heavy atom. The van der Waals surface area contributed by atoms with E-state index in [0.29, 0.717) is 19.6 Å². The first-order valence-electron chi connectivity index (χ1n) is 7.61. The van der Waals surface area contributed by atoms with Gasteiger partial charge in [0.15, 0.2) is 0 Å². The maximum absolute atomic E-state index is 12.2. The Labute approximate surface area is 137 Å². The average molecular weight is 334 g/mol. The zero-order valence-corrected chi connectivity index (χ0v) is 14.2. The predicted molar refractivity (Wildman–Crippen MR) is 90.6 cm³/mol. The van der Waals surface area contributed by atoms with E-state index in [4.69, 9.17) is 4.74 Å². The van der Waals surface area contributed by atoms with Gasteiger partial charge in [0.25, 0.3) is 0 Å². The second-order valence-electron chi connectivity index (χ2n) is 5.44. The first-order valence-corrected chi connectivity index (χ1v) is 9.09. The van der Waals surface area contributed by atoms with Gasteiger partial charge in [-0.15, -0.1) is 0 Å². The van der Waals surface area contributed by atoms with Crippen LogP contribution in [0.1, 0.15) is 20.3 Å². The van der Waals surface area contributed by atoms with Gasteiger partial charge < -0.3 is 4.74 Å². The Kier molecular flexibility index (Phi) is 6.27. The highest BCUT2D eigenvalue weighted by Crippen LogP contribution is 2.20. The molecule has 0 saturated carbocycles. The molecule has 0 unspecified atom stereocenters. The van der Waals surface area contributed by atoms with Crippen molar-refractivity contribution >= 4 is 10.0 Å². The molecular weight excluding hydrogens is 312 g/mol. The van der Waals surface area contributed by atoms with Crippen LogP contribution in [0.2, 0.25) is 0 Å². The van der Waals surface area contributed by atoms with Crippen LogP contribution in [0.3, 0.4) is 0 Å². The van der Waals surface area contributed by atoms with Crippen molar-refractivity contribution in [2.24, 2.45) is 0 Å². The lowest BCUT2D eigenvalue weighted by Crippen LogP contribution is -2.25. The van der Waals surface area contributed by atoms with Crippen LogP contribution < -0.4 is 4.72 Å². The summed E-state index contributed by atoms with van der Waals surface area (Å²) in [7, 11) is -3.48. The summed E-state index contributed by atoms with van der Waals surface area (Å²) in [6.45, 7) is 4.81. The summed E-state index contributed by atoms with van der Waals surface area (Å²) < 4.78 is 32.4. The Morgan fingerprint density at radius 1 is 1.13 bits per heavy atom. The fraction of sp³-hybridized carbons (Fsp3) is 0.353. The molecule has 0 bridgehead atoms. The first-order chi connectivity index (χ1) is 11.0. The van der Waals surface area contributed by atoms with E-state index in [0.717, 1.165) is 11.1 Å². The molecule has 0 fully saturated rings. The fourth-order valence-electron chi connectivity index (χ4n) is 2.04. The van der Waals surface area contributed by atoms with Crippen molar-refractivity contribution in [3.63, 3.8) is 0 Å². The van der Waals surface area contributed by atoms with Crippen molar-refractivity contribution in [2.45, 2.75) is 31.3 Å². The molecule has 2 aromatic rings. The standard InChI is InChI=1S/C17H22N2O3S/c1-14(2)22-12-4-11-19-23(20,21)17-8-6-15(7-9-17)16-5-3-10-18-13-16/h3,5-10,13-14,19H,4,11-12H2,1-2H3. The highest BCUT2D eigenvalue weighted by molar-refractivity contribution is 7.89. The molecule has 0 aliphatic rings. The lowest BCUT2D eigenvalue weighted by atomic mass is 10.1. The summed E-state index contributed by atoms with van der Waals surface area (Å²) >= 11 is 0. The number of aromatic nitrogens is 1. The minimum atomic E-state index is -3.48. The van der Waals surface area contributed by atoms with Crippen molar-refractivity contribution < 1.29 is 13.2 Å². The van der Waals surface area contributed by atoms with E-state index < -0.39 is 10.0 Å². The van der Waals surface area contributed by atoms with Gasteiger partial charge in [-0.05, 0) is 49.6 Å². The minimum Gasteiger partial charge on any atom is -0.379 e. The van der Waals surface area contributed by atoms with Crippen molar-refractivity contribution in [1.29, 1.82) is 0 Å². The predicted octanol–water partition coefficient (Wildman–Crippen LogP) is 2.84. The minimum absolute atomic E-state index is 0.159. The average Bonchev–Trinajstić information content (AvgIpc) is 2.55. The van der Waals surface area contributed by atoms with Gasteiger partial charge in [0.2, 0.25) is 10.0 Å². The number of hydrogen-bond donors (Lipinski definition) is 1. The number of pyridine rings is 1. The van der Waals surface area contributed by atoms with Gasteiger partial charge >= 0.3 is 0 Å². The van der Waals surface area contributed by atoms with Crippen LogP contribution in [0.4, 0.5) is 0 Å². The van der Waals surface area contributed by atoms with Crippen LogP contribution in [-0.2, 0) is 14.8 Å². The molecule has 1 heterocycles. The van der Waals surface area contributed by atoms with Crippen LogP contribution in [0.5, 0.6) is 0 Å². The summed E-state index contributed by atoms with van der Waals surface area (Å²) in [5.74, 6) is 0. The van der Waals surface area contributed by atoms with Crippen LogP contribution in [0.25, 0.3) is 11.1 Å². The quantitative estimate of drug-likeness (QED) is 0.754. The molecule has 0 amide bonds. The van der Waals surface area contributed by atoms with Crippen molar-refractivity contribution in [3.05, 3.63) is 48.8 Å². The molecule has 0 radical (unpaired) electrons. The van der Waals surface area contributed by atoms with Crippen LogP contribution in [0, 0.1) is 0 Å². The molecule has 0 aliphatic carbocycles. The largest absolute Gasteiger partial charge is 0.379 e. The molecule has 0 aliphatic heterocycles. The van der Waals surface area contributed by atoms with Crippen LogP contribution >= 0.6 is 0 Å². The molecule has 0 saturated heterocycles. The Balaban J connectivity index is 1.95. The van der Waals surface area contributed by atoms with Crippen molar-refractivity contribution in [1.82, 2.24) is 9.71 Å². The molecule has 0 spiro atoms. The summed E-state index contributed by atoms with van der Waals surface area (Å²) in [4.78, 5) is 4.32. The Hall–Kier alpha value is -1.76. The van der Waals surface area contributed by atoms with Crippen molar-refractivity contribution in [3.8, 4) is 11.1 Å². The number of nitrogens with one attached hydrogen (secondary N) is 1. The molecule has 6 heteroatoms. The summed E-state index contributed by atoms with van der Waals surface area (Å²) in [6.07, 6.45) is 4.25. The normalized spacial score (nSPS) is 11.8. The van der Waals surface area contributed by atoms with Gasteiger partial charge in [-0.2, -0.15) is 0 Å². The zero-order valence-electron chi connectivity index (χ0n) is 13.4. The Morgan fingerprint density at radius 3 is 2.48 bits per heavy atom. The number of rotatable bonds is 8. The third kappa shape index (κ3) is 5.42. The van der Waals surface area contributed by atoms with E-state index in [9.17, 15) is 8.42 Å². The van der Waals surface area contributed by atoms with Gasteiger partial charge in [0.1, 0.15) is 0 Å².